The van der Waals surface area contributed by atoms with Crippen molar-refractivity contribution in [1.82, 2.24) is 0 Å². The van der Waals surface area contributed by atoms with Gasteiger partial charge >= 0.3 is 0 Å². The lowest BCUT2D eigenvalue weighted by Gasteiger charge is -2.15. The summed E-state index contributed by atoms with van der Waals surface area (Å²) in [5.41, 5.74) is 1.48. The van der Waals surface area contributed by atoms with Gasteiger partial charge in [-0.15, -0.1) is 0 Å². The molecule has 0 bridgehead atoms. The van der Waals surface area contributed by atoms with E-state index < -0.39 is 0 Å². The fourth-order valence-corrected chi connectivity index (χ4v) is 2.82. The summed E-state index contributed by atoms with van der Waals surface area (Å²) in [5, 5.41) is 4.68. The van der Waals surface area contributed by atoms with Crippen molar-refractivity contribution < 1.29 is 14.3 Å². The monoisotopic (exact) mass is 475 g/mol. The van der Waals surface area contributed by atoms with E-state index in [-0.39, 0.29) is 23.3 Å². The van der Waals surface area contributed by atoms with Gasteiger partial charge < -0.3 is 14.3 Å². The minimum Gasteiger partial charge on any atom is -0.489 e. The highest BCUT2D eigenvalue weighted by Crippen LogP contribution is 2.37. The Bertz CT molecular complexity index is 865. The lowest BCUT2D eigenvalue weighted by molar-refractivity contribution is 0.00199. The minimum absolute atomic E-state index is 0.124. The van der Waals surface area contributed by atoms with Crippen LogP contribution in [0.25, 0.3) is 0 Å². The molecule has 8 heteroatoms. The molecule has 4 nitrogen and oxygen atoms in total. The van der Waals surface area contributed by atoms with E-state index in [9.17, 15) is 0 Å². The SMILES string of the molecule is CC(C)(C)O/N=C/c1cccc(COc2c(Cl)cc(OCC=C(Cl)Cl)cc2Cl)c1. The number of oxime groups is 1. The van der Waals surface area contributed by atoms with E-state index in [1.807, 2.05) is 45.0 Å². The van der Waals surface area contributed by atoms with E-state index in [0.29, 0.717) is 21.5 Å². The Morgan fingerprint density at radius 3 is 2.34 bits per heavy atom. The van der Waals surface area contributed by atoms with Gasteiger partial charge in [0.15, 0.2) is 5.75 Å². The highest BCUT2D eigenvalue weighted by molar-refractivity contribution is 6.55. The minimum atomic E-state index is -0.340. The van der Waals surface area contributed by atoms with Gasteiger partial charge in [-0.3, -0.25) is 0 Å². The lowest BCUT2D eigenvalue weighted by atomic mass is 10.1. The van der Waals surface area contributed by atoms with Crippen molar-refractivity contribution in [3.8, 4) is 11.5 Å². The molecule has 0 aliphatic rings. The lowest BCUT2D eigenvalue weighted by Crippen LogP contribution is -2.15. The van der Waals surface area contributed by atoms with Crippen LogP contribution in [-0.4, -0.2) is 18.4 Å². The van der Waals surface area contributed by atoms with Gasteiger partial charge in [-0.05, 0) is 44.0 Å². The van der Waals surface area contributed by atoms with Gasteiger partial charge in [-0.2, -0.15) is 0 Å². The molecule has 0 radical (unpaired) electrons. The summed E-state index contributed by atoms with van der Waals surface area (Å²) < 4.78 is 11.4. The molecule has 0 atom stereocenters. The van der Waals surface area contributed by atoms with E-state index in [1.165, 1.54) is 6.08 Å². The van der Waals surface area contributed by atoms with Crippen LogP contribution < -0.4 is 9.47 Å². The Hall–Kier alpha value is -1.59. The summed E-state index contributed by atoms with van der Waals surface area (Å²) in [7, 11) is 0. The van der Waals surface area contributed by atoms with Gasteiger partial charge in [0, 0.05) is 12.1 Å². The van der Waals surface area contributed by atoms with Crippen molar-refractivity contribution in [3.05, 3.63) is 68.1 Å². The predicted molar refractivity (Wildman–Crippen MR) is 121 cm³/mol. The molecule has 0 heterocycles. The normalized spacial score (nSPS) is 11.4. The topological polar surface area (TPSA) is 40.0 Å². The second-order valence-electron chi connectivity index (χ2n) is 6.99. The highest BCUT2D eigenvalue weighted by Gasteiger charge is 2.12. The molecule has 2 aromatic carbocycles. The Morgan fingerprint density at radius 1 is 1.03 bits per heavy atom. The molecule has 0 amide bonds. The smallest absolute Gasteiger partial charge is 0.157 e. The van der Waals surface area contributed by atoms with Crippen LogP contribution in [0.3, 0.4) is 0 Å². The van der Waals surface area contributed by atoms with Crippen LogP contribution >= 0.6 is 46.4 Å². The van der Waals surface area contributed by atoms with Gasteiger partial charge in [0.25, 0.3) is 0 Å². The number of benzene rings is 2. The molecule has 0 aromatic heterocycles. The average molecular weight is 477 g/mol. The van der Waals surface area contributed by atoms with Crippen molar-refractivity contribution in [2.75, 3.05) is 6.61 Å². The maximum atomic E-state index is 6.29. The molecule has 0 spiro atoms. The Morgan fingerprint density at radius 2 is 1.72 bits per heavy atom. The molecular formula is C21H21Cl4NO3. The van der Waals surface area contributed by atoms with Crippen LogP contribution in [0, 0.1) is 0 Å². The molecule has 0 saturated carbocycles. The summed E-state index contributed by atoms with van der Waals surface area (Å²) in [6, 6.07) is 10.9. The van der Waals surface area contributed by atoms with Crippen LogP contribution in [0.1, 0.15) is 31.9 Å². The highest BCUT2D eigenvalue weighted by atomic mass is 35.5. The molecule has 0 unspecified atom stereocenters. The number of hydrogen-bond acceptors (Lipinski definition) is 4. The van der Waals surface area contributed by atoms with Gasteiger partial charge in [-0.25, -0.2) is 0 Å². The number of nitrogens with zero attached hydrogens (tertiary/aromatic N) is 1. The molecule has 29 heavy (non-hydrogen) atoms. The van der Waals surface area contributed by atoms with Gasteiger partial charge in [0.1, 0.15) is 29.1 Å². The molecule has 2 rings (SSSR count). The first-order valence-corrected chi connectivity index (χ1v) is 10.2. The van der Waals surface area contributed by atoms with Crippen LogP contribution in [0.5, 0.6) is 11.5 Å². The molecule has 0 aliphatic carbocycles. The largest absolute Gasteiger partial charge is 0.489 e. The van der Waals surface area contributed by atoms with E-state index >= 15 is 0 Å². The third-order valence-electron chi connectivity index (χ3n) is 3.32. The zero-order valence-electron chi connectivity index (χ0n) is 16.2. The van der Waals surface area contributed by atoms with E-state index in [1.54, 1.807) is 18.3 Å². The molecule has 0 fully saturated rings. The fraction of sp³-hybridized carbons (Fsp3) is 0.286. The number of rotatable bonds is 8. The Labute approximate surface area is 190 Å². The summed E-state index contributed by atoms with van der Waals surface area (Å²) in [5.74, 6) is 0.858. The Balaban J connectivity index is 2.02. The summed E-state index contributed by atoms with van der Waals surface area (Å²) in [6.07, 6.45) is 3.17. The number of halogens is 4. The van der Waals surface area contributed by atoms with Gasteiger partial charge in [-0.1, -0.05) is 69.8 Å². The van der Waals surface area contributed by atoms with E-state index in [0.717, 1.165) is 11.1 Å². The number of hydrogen-bond donors (Lipinski definition) is 0. The number of ether oxygens (including phenoxy) is 2. The molecule has 156 valence electrons. The zero-order valence-corrected chi connectivity index (χ0v) is 19.2. The van der Waals surface area contributed by atoms with E-state index in [4.69, 9.17) is 60.7 Å². The molecule has 2 aromatic rings. The van der Waals surface area contributed by atoms with Crippen molar-refractivity contribution in [2.45, 2.75) is 33.0 Å². The molecule has 0 N–H and O–H groups in total. The first-order valence-electron chi connectivity index (χ1n) is 8.70. The van der Waals surface area contributed by atoms with E-state index in [2.05, 4.69) is 5.16 Å². The van der Waals surface area contributed by atoms with Crippen molar-refractivity contribution in [1.29, 1.82) is 0 Å². The maximum Gasteiger partial charge on any atom is 0.157 e. The third kappa shape index (κ3) is 8.75. The Kier molecular flexibility index (Phi) is 8.97. The van der Waals surface area contributed by atoms with Crippen LogP contribution in [-0.2, 0) is 11.4 Å². The summed E-state index contributed by atoms with van der Waals surface area (Å²) in [4.78, 5) is 5.36. The molecule has 0 saturated heterocycles. The average Bonchev–Trinajstić information content (AvgIpc) is 2.60. The maximum absolute atomic E-state index is 6.29. The fourth-order valence-electron chi connectivity index (χ4n) is 2.12. The quantitative estimate of drug-likeness (QED) is 0.294. The predicted octanol–water partition coefficient (Wildman–Crippen LogP) is 7.42. The first kappa shape index (κ1) is 23.7. The van der Waals surface area contributed by atoms with Crippen molar-refractivity contribution >= 4 is 52.6 Å². The molecule has 0 aliphatic heterocycles. The zero-order chi connectivity index (χ0) is 21.4. The third-order valence-corrected chi connectivity index (χ3v) is 4.19. The van der Waals surface area contributed by atoms with Crippen molar-refractivity contribution in [2.24, 2.45) is 5.16 Å². The first-order chi connectivity index (χ1) is 13.6. The second-order valence-corrected chi connectivity index (χ2v) is 8.81. The van der Waals surface area contributed by atoms with Crippen LogP contribution in [0.4, 0.5) is 0 Å². The summed E-state index contributed by atoms with van der Waals surface area (Å²) in [6.45, 7) is 6.28. The van der Waals surface area contributed by atoms with Crippen molar-refractivity contribution in [3.63, 3.8) is 0 Å². The summed E-state index contributed by atoms with van der Waals surface area (Å²) >= 11 is 23.7. The van der Waals surface area contributed by atoms with Crippen LogP contribution in [0.2, 0.25) is 10.0 Å². The standard InChI is InChI=1S/C21H21Cl4NO3/c1-21(2,3)29-26-12-14-5-4-6-15(9-14)13-28-20-17(22)10-16(11-18(20)23)27-8-7-19(24)25/h4-7,9-12H,8,13H2,1-3H3/b26-12+. The van der Waals surface area contributed by atoms with Gasteiger partial charge in [0.05, 0.1) is 16.3 Å². The van der Waals surface area contributed by atoms with Gasteiger partial charge in [0.2, 0.25) is 0 Å². The van der Waals surface area contributed by atoms with Crippen LogP contribution in [0.15, 0.2) is 52.1 Å². The second kappa shape index (κ2) is 11.0. The molecular weight excluding hydrogens is 456 g/mol.